The summed E-state index contributed by atoms with van der Waals surface area (Å²) in [5.74, 6) is 1.27. The van der Waals surface area contributed by atoms with Gasteiger partial charge in [-0.1, -0.05) is 54.9 Å². The van der Waals surface area contributed by atoms with Crippen molar-refractivity contribution in [1.82, 2.24) is 10.2 Å². The van der Waals surface area contributed by atoms with Crippen LogP contribution in [0.1, 0.15) is 57.4 Å². The number of ether oxygens (including phenoxy) is 1. The van der Waals surface area contributed by atoms with Crippen LogP contribution in [-0.4, -0.2) is 29.6 Å². The predicted octanol–water partition coefficient (Wildman–Crippen LogP) is 6.31. The summed E-state index contributed by atoms with van der Waals surface area (Å²) in [5, 5.41) is 3.74. The minimum absolute atomic E-state index is 0.0825. The smallest absolute Gasteiger partial charge is 0.251 e. The molecule has 1 saturated heterocycles. The molecule has 4 rings (SSSR count). The second-order valence-corrected chi connectivity index (χ2v) is 10.1. The van der Waals surface area contributed by atoms with Crippen molar-refractivity contribution in [2.75, 3.05) is 12.9 Å². The third kappa shape index (κ3) is 5.82. The number of nitrogens with zero attached hydrogens (tertiary/aromatic N) is 1. The van der Waals surface area contributed by atoms with E-state index >= 15 is 0 Å². The maximum absolute atomic E-state index is 13.0. The molecule has 1 heterocycles. The first kappa shape index (κ1) is 25.1. The molecule has 3 aromatic rings. The van der Waals surface area contributed by atoms with Crippen molar-refractivity contribution in [3.63, 3.8) is 0 Å². The van der Waals surface area contributed by atoms with E-state index in [4.69, 9.17) is 16.3 Å². The van der Waals surface area contributed by atoms with Gasteiger partial charge in [0.2, 0.25) is 5.91 Å². The van der Waals surface area contributed by atoms with E-state index in [2.05, 4.69) is 18.3 Å². The monoisotopic (exact) mass is 508 g/mol. The quantitative estimate of drug-likeness (QED) is 0.387. The second-order valence-electron chi connectivity index (χ2n) is 8.60. The highest BCUT2D eigenvalue weighted by Crippen LogP contribution is 2.39. The van der Waals surface area contributed by atoms with Crippen LogP contribution in [0, 0.1) is 6.92 Å². The van der Waals surface area contributed by atoms with Gasteiger partial charge >= 0.3 is 0 Å². The Morgan fingerprint density at radius 3 is 2.49 bits per heavy atom. The molecule has 1 aliphatic rings. The normalized spacial score (nSPS) is 16.3. The molecule has 0 unspecified atom stereocenters. The number of hydrogen-bond acceptors (Lipinski definition) is 4. The molecule has 0 aromatic heterocycles. The van der Waals surface area contributed by atoms with Crippen LogP contribution in [0.4, 0.5) is 0 Å². The van der Waals surface area contributed by atoms with E-state index in [0.29, 0.717) is 22.9 Å². The van der Waals surface area contributed by atoms with E-state index in [1.54, 1.807) is 18.9 Å². The van der Waals surface area contributed by atoms with Gasteiger partial charge < -0.3 is 15.0 Å². The average Bonchev–Trinajstić information content (AvgIpc) is 3.23. The molecule has 0 saturated carbocycles. The zero-order chi connectivity index (χ0) is 24.9. The number of hydrogen-bond donors (Lipinski definition) is 1. The van der Waals surface area contributed by atoms with Crippen LogP contribution < -0.4 is 10.1 Å². The zero-order valence-corrected chi connectivity index (χ0v) is 21.7. The van der Waals surface area contributed by atoms with Gasteiger partial charge in [0.25, 0.3) is 5.91 Å². The summed E-state index contributed by atoms with van der Waals surface area (Å²) in [4.78, 5) is 27.4. The van der Waals surface area contributed by atoms with E-state index in [1.165, 1.54) is 0 Å². The van der Waals surface area contributed by atoms with Crippen LogP contribution in [0.15, 0.2) is 66.7 Å². The van der Waals surface area contributed by atoms with E-state index in [1.807, 2.05) is 72.5 Å². The molecule has 2 amide bonds. The Morgan fingerprint density at radius 2 is 1.86 bits per heavy atom. The highest BCUT2D eigenvalue weighted by atomic mass is 35.5. The van der Waals surface area contributed by atoms with Crippen LogP contribution in [0.2, 0.25) is 5.02 Å². The summed E-state index contributed by atoms with van der Waals surface area (Å²) in [6, 6.07) is 21.0. The molecular formula is C28H29ClN2O3S. The first-order valence-corrected chi connectivity index (χ1v) is 13.0. The Kier molecular flexibility index (Phi) is 8.04. The molecule has 2 atom stereocenters. The molecule has 35 heavy (non-hydrogen) atoms. The number of aryl methyl sites for hydroxylation is 1. The van der Waals surface area contributed by atoms with Crippen molar-refractivity contribution in [3.05, 3.63) is 99.6 Å². The number of carbonyl (C=O) groups excluding carboxylic acids is 2. The van der Waals surface area contributed by atoms with Gasteiger partial charge in [0, 0.05) is 17.1 Å². The molecule has 1 aliphatic heterocycles. The highest BCUT2D eigenvalue weighted by Gasteiger charge is 2.32. The summed E-state index contributed by atoms with van der Waals surface area (Å²) < 4.78 is 5.35. The number of benzene rings is 3. The molecule has 1 fully saturated rings. The van der Waals surface area contributed by atoms with Gasteiger partial charge in [0.05, 0.1) is 18.9 Å². The summed E-state index contributed by atoms with van der Waals surface area (Å²) in [5.41, 5.74) is 4.72. The number of thioether (sulfide) groups is 1. The number of nitrogens with one attached hydrogen (secondary N) is 1. The van der Waals surface area contributed by atoms with Crippen LogP contribution in [0.5, 0.6) is 5.75 Å². The molecule has 5 nitrogen and oxygen atoms in total. The number of methoxy groups -OCH3 is 1. The van der Waals surface area contributed by atoms with E-state index in [9.17, 15) is 9.59 Å². The summed E-state index contributed by atoms with van der Waals surface area (Å²) in [6.45, 7) is 4.57. The first-order chi connectivity index (χ1) is 16.9. The highest BCUT2D eigenvalue weighted by molar-refractivity contribution is 8.00. The minimum Gasteiger partial charge on any atom is -0.496 e. The topological polar surface area (TPSA) is 58.6 Å². The fourth-order valence-corrected chi connectivity index (χ4v) is 5.58. The molecule has 0 spiro atoms. The van der Waals surface area contributed by atoms with Crippen molar-refractivity contribution in [3.8, 4) is 5.75 Å². The third-order valence-electron chi connectivity index (χ3n) is 6.23. The molecule has 0 radical (unpaired) electrons. The third-order valence-corrected chi connectivity index (χ3v) is 7.74. The fourth-order valence-electron chi connectivity index (χ4n) is 4.27. The van der Waals surface area contributed by atoms with Gasteiger partial charge in [-0.3, -0.25) is 9.59 Å². The largest absolute Gasteiger partial charge is 0.496 e. The molecular weight excluding hydrogens is 480 g/mol. The van der Waals surface area contributed by atoms with Gasteiger partial charge in [0.15, 0.2) is 0 Å². The standard InChI is InChI=1S/C28H29ClN2O3S/c1-4-24(22-11-14-25(34-3)18(2)15-22)30-27(33)20-7-9-21(10-8-20)28-31(26(32)17-35-28)16-19-5-12-23(29)13-6-19/h5-15,24,28H,4,16-17H2,1-3H3,(H,30,33)/t24-,28-/m1/s1. The average molecular weight is 509 g/mol. The van der Waals surface area contributed by atoms with Gasteiger partial charge in [0.1, 0.15) is 11.1 Å². The minimum atomic E-state index is -0.120. The van der Waals surface area contributed by atoms with Gasteiger partial charge in [-0.2, -0.15) is 0 Å². The van der Waals surface area contributed by atoms with Crippen LogP contribution in [-0.2, 0) is 11.3 Å². The van der Waals surface area contributed by atoms with Crippen molar-refractivity contribution in [1.29, 1.82) is 0 Å². The Hall–Kier alpha value is -2.96. The lowest BCUT2D eigenvalue weighted by molar-refractivity contribution is -0.128. The number of amides is 2. The lowest BCUT2D eigenvalue weighted by atomic mass is 10.0. The number of halogens is 1. The van der Waals surface area contributed by atoms with Crippen molar-refractivity contribution >= 4 is 35.2 Å². The first-order valence-electron chi connectivity index (χ1n) is 11.6. The number of carbonyl (C=O) groups is 2. The van der Waals surface area contributed by atoms with Gasteiger partial charge in [-0.15, -0.1) is 11.8 Å². The van der Waals surface area contributed by atoms with Gasteiger partial charge in [-0.05, 0) is 65.9 Å². The van der Waals surface area contributed by atoms with Crippen molar-refractivity contribution in [2.24, 2.45) is 0 Å². The van der Waals surface area contributed by atoms with Crippen molar-refractivity contribution < 1.29 is 14.3 Å². The van der Waals surface area contributed by atoms with Gasteiger partial charge in [-0.25, -0.2) is 0 Å². The maximum atomic E-state index is 13.0. The molecule has 0 aliphatic carbocycles. The summed E-state index contributed by atoms with van der Waals surface area (Å²) >= 11 is 7.60. The Morgan fingerprint density at radius 1 is 1.14 bits per heavy atom. The lowest BCUT2D eigenvalue weighted by Crippen LogP contribution is -2.29. The lowest BCUT2D eigenvalue weighted by Gasteiger charge is -2.24. The van der Waals surface area contributed by atoms with E-state index in [0.717, 1.165) is 34.4 Å². The van der Waals surface area contributed by atoms with E-state index < -0.39 is 0 Å². The summed E-state index contributed by atoms with van der Waals surface area (Å²) in [7, 11) is 1.65. The van der Waals surface area contributed by atoms with Crippen LogP contribution >= 0.6 is 23.4 Å². The molecule has 3 aromatic carbocycles. The zero-order valence-electron chi connectivity index (χ0n) is 20.1. The molecule has 1 N–H and O–H groups in total. The fraction of sp³-hybridized carbons (Fsp3) is 0.286. The van der Waals surface area contributed by atoms with Crippen LogP contribution in [0.25, 0.3) is 0 Å². The summed E-state index contributed by atoms with van der Waals surface area (Å²) in [6.07, 6.45) is 0.774. The molecule has 0 bridgehead atoms. The molecule has 182 valence electrons. The number of rotatable bonds is 8. The van der Waals surface area contributed by atoms with Crippen molar-refractivity contribution in [2.45, 2.75) is 38.2 Å². The Labute approximate surface area is 215 Å². The van der Waals surface area contributed by atoms with E-state index in [-0.39, 0.29) is 23.2 Å². The Bertz CT molecular complexity index is 1200. The van der Waals surface area contributed by atoms with Crippen LogP contribution in [0.3, 0.4) is 0 Å². The maximum Gasteiger partial charge on any atom is 0.251 e. The Balaban J connectivity index is 1.45. The predicted molar refractivity (Wildman–Crippen MR) is 142 cm³/mol. The second kappa shape index (κ2) is 11.2. The molecule has 7 heteroatoms. The SMILES string of the molecule is CC[C@@H](NC(=O)c1ccc([C@H]2SCC(=O)N2Cc2ccc(Cl)cc2)cc1)c1ccc(OC)c(C)c1.